The highest BCUT2D eigenvalue weighted by Crippen LogP contribution is 2.49. The fourth-order valence-electron chi connectivity index (χ4n) is 5.06. The van der Waals surface area contributed by atoms with Gasteiger partial charge in [-0.05, 0) is 69.2 Å². The quantitative estimate of drug-likeness (QED) is 0.835. The average molecular weight is 321 g/mol. The minimum atomic E-state index is -0.324. The second-order valence-corrected chi connectivity index (χ2v) is 8.13. The maximum atomic E-state index is 12.1. The van der Waals surface area contributed by atoms with Crippen LogP contribution in [-0.2, 0) is 4.79 Å². The van der Waals surface area contributed by atoms with E-state index >= 15 is 0 Å². The van der Waals surface area contributed by atoms with Crippen LogP contribution >= 0.6 is 0 Å². The van der Waals surface area contributed by atoms with E-state index in [9.17, 15) is 9.59 Å². The summed E-state index contributed by atoms with van der Waals surface area (Å²) in [7, 11) is 0. The number of hydrogen-bond acceptors (Lipinski definition) is 3. The van der Waals surface area contributed by atoms with E-state index in [1.54, 1.807) is 0 Å². The van der Waals surface area contributed by atoms with Crippen molar-refractivity contribution in [1.82, 2.24) is 15.5 Å². The summed E-state index contributed by atoms with van der Waals surface area (Å²) in [6.07, 6.45) is 7.64. The van der Waals surface area contributed by atoms with Crippen LogP contribution in [0.5, 0.6) is 0 Å². The standard InChI is InChI=1S/C18H31N3O2/c1-12-4-3-7-21(10-12)11-17(22)20-18(23)19-13(2)16-9-14-5-6-15(16)8-14/h12-16H,3-11H2,1-2H3,(H2,19,20,22,23). The number of urea groups is 1. The molecule has 2 saturated carbocycles. The van der Waals surface area contributed by atoms with E-state index < -0.39 is 0 Å². The zero-order valence-electron chi connectivity index (χ0n) is 14.5. The summed E-state index contributed by atoms with van der Waals surface area (Å²) in [5.74, 6) is 2.71. The van der Waals surface area contributed by atoms with Crippen molar-refractivity contribution in [2.24, 2.45) is 23.7 Å². The number of nitrogens with one attached hydrogen (secondary N) is 2. The lowest BCUT2D eigenvalue weighted by Crippen LogP contribution is -2.50. The van der Waals surface area contributed by atoms with Crippen molar-refractivity contribution in [2.45, 2.75) is 58.4 Å². The molecule has 5 unspecified atom stereocenters. The van der Waals surface area contributed by atoms with Crippen molar-refractivity contribution in [3.63, 3.8) is 0 Å². The second kappa shape index (κ2) is 7.20. The summed E-state index contributed by atoms with van der Waals surface area (Å²) in [6, 6.07) is -0.163. The van der Waals surface area contributed by atoms with Gasteiger partial charge in [-0.25, -0.2) is 4.79 Å². The molecule has 3 aliphatic rings. The van der Waals surface area contributed by atoms with E-state index in [1.807, 2.05) is 0 Å². The maximum Gasteiger partial charge on any atom is 0.321 e. The zero-order valence-corrected chi connectivity index (χ0v) is 14.5. The van der Waals surface area contributed by atoms with Gasteiger partial charge in [0.05, 0.1) is 6.54 Å². The zero-order chi connectivity index (χ0) is 16.4. The normalized spacial score (nSPS) is 35.0. The topological polar surface area (TPSA) is 61.4 Å². The largest absolute Gasteiger partial charge is 0.335 e. The molecule has 3 fully saturated rings. The molecule has 5 heteroatoms. The molecule has 0 spiro atoms. The summed E-state index contributed by atoms with van der Waals surface area (Å²) in [5, 5.41) is 5.50. The molecule has 2 bridgehead atoms. The number of hydrogen-bond donors (Lipinski definition) is 2. The SMILES string of the molecule is CC1CCCN(CC(=O)NC(=O)NC(C)C2CC3CCC2C3)C1. The van der Waals surface area contributed by atoms with Gasteiger partial charge in [0.15, 0.2) is 0 Å². The lowest BCUT2D eigenvalue weighted by atomic mass is 9.84. The third-order valence-electron chi connectivity index (χ3n) is 6.16. The number of carbonyl (C=O) groups excluding carboxylic acids is 2. The van der Waals surface area contributed by atoms with Crippen LogP contribution in [0.4, 0.5) is 4.79 Å². The molecule has 0 aromatic rings. The fraction of sp³-hybridized carbons (Fsp3) is 0.889. The Bertz CT molecular complexity index is 454. The Labute approximate surface area is 139 Å². The van der Waals surface area contributed by atoms with Crippen LogP contribution in [0.3, 0.4) is 0 Å². The molecule has 1 heterocycles. The Morgan fingerprint density at radius 2 is 2.04 bits per heavy atom. The molecule has 2 aliphatic carbocycles. The fourth-order valence-corrected chi connectivity index (χ4v) is 5.06. The Hall–Kier alpha value is -1.10. The smallest absolute Gasteiger partial charge is 0.321 e. The molecule has 5 nitrogen and oxygen atoms in total. The van der Waals surface area contributed by atoms with Crippen molar-refractivity contribution in [1.29, 1.82) is 0 Å². The first-order valence-corrected chi connectivity index (χ1v) is 9.34. The molecule has 0 aromatic heterocycles. The first kappa shape index (κ1) is 16.7. The number of amides is 3. The first-order chi connectivity index (χ1) is 11.0. The van der Waals surface area contributed by atoms with Crippen molar-refractivity contribution < 1.29 is 9.59 Å². The van der Waals surface area contributed by atoms with Gasteiger partial charge in [-0.3, -0.25) is 15.0 Å². The van der Waals surface area contributed by atoms with Gasteiger partial charge in [0.25, 0.3) is 0 Å². The molecule has 3 amide bonds. The minimum Gasteiger partial charge on any atom is -0.335 e. The van der Waals surface area contributed by atoms with E-state index in [1.165, 1.54) is 32.1 Å². The van der Waals surface area contributed by atoms with Crippen molar-refractivity contribution in [2.75, 3.05) is 19.6 Å². The number of piperidine rings is 1. The summed E-state index contributed by atoms with van der Waals surface area (Å²) in [5.41, 5.74) is 0. The second-order valence-electron chi connectivity index (χ2n) is 8.13. The van der Waals surface area contributed by atoms with Crippen LogP contribution in [0.1, 0.15) is 52.4 Å². The molecule has 3 rings (SSSR count). The molecule has 130 valence electrons. The molecule has 5 atom stereocenters. The third-order valence-corrected chi connectivity index (χ3v) is 6.16. The van der Waals surface area contributed by atoms with Gasteiger partial charge in [0.2, 0.25) is 5.91 Å². The predicted octanol–water partition coefficient (Wildman–Crippen LogP) is 2.37. The Balaban J connectivity index is 1.39. The van der Waals surface area contributed by atoms with Gasteiger partial charge in [-0.15, -0.1) is 0 Å². The van der Waals surface area contributed by atoms with Crippen LogP contribution in [0.2, 0.25) is 0 Å². The molecular weight excluding hydrogens is 290 g/mol. The highest BCUT2D eigenvalue weighted by molar-refractivity contribution is 5.95. The van der Waals surface area contributed by atoms with Gasteiger partial charge in [-0.2, -0.15) is 0 Å². The summed E-state index contributed by atoms with van der Waals surface area (Å²) in [6.45, 7) is 6.55. The third kappa shape index (κ3) is 4.25. The highest BCUT2D eigenvalue weighted by Gasteiger charge is 2.42. The van der Waals surface area contributed by atoms with Crippen molar-refractivity contribution >= 4 is 11.9 Å². The molecule has 1 saturated heterocycles. The van der Waals surface area contributed by atoms with Gasteiger partial charge in [-0.1, -0.05) is 13.3 Å². The van der Waals surface area contributed by atoms with E-state index in [0.717, 1.165) is 31.3 Å². The number of carbonyl (C=O) groups is 2. The number of likely N-dealkylation sites (tertiary alicyclic amines) is 1. The van der Waals surface area contributed by atoms with Crippen LogP contribution in [0.25, 0.3) is 0 Å². The maximum absolute atomic E-state index is 12.1. The van der Waals surface area contributed by atoms with E-state index in [2.05, 4.69) is 29.4 Å². The Morgan fingerprint density at radius 1 is 1.22 bits per heavy atom. The molecule has 0 radical (unpaired) electrons. The van der Waals surface area contributed by atoms with Crippen molar-refractivity contribution in [3.05, 3.63) is 0 Å². The number of imide groups is 1. The molecule has 0 aromatic carbocycles. The Morgan fingerprint density at radius 3 is 2.70 bits per heavy atom. The molecule has 1 aliphatic heterocycles. The van der Waals surface area contributed by atoms with E-state index in [4.69, 9.17) is 0 Å². The van der Waals surface area contributed by atoms with Gasteiger partial charge < -0.3 is 5.32 Å². The van der Waals surface area contributed by atoms with Gasteiger partial charge in [0, 0.05) is 12.6 Å². The summed E-state index contributed by atoms with van der Waals surface area (Å²) in [4.78, 5) is 26.3. The minimum absolute atomic E-state index is 0.160. The van der Waals surface area contributed by atoms with Gasteiger partial charge in [0.1, 0.15) is 0 Å². The number of rotatable bonds is 4. The van der Waals surface area contributed by atoms with E-state index in [0.29, 0.717) is 18.4 Å². The monoisotopic (exact) mass is 321 g/mol. The predicted molar refractivity (Wildman–Crippen MR) is 89.9 cm³/mol. The number of nitrogens with zero attached hydrogens (tertiary/aromatic N) is 1. The molecular formula is C18H31N3O2. The van der Waals surface area contributed by atoms with Crippen LogP contribution in [0, 0.1) is 23.7 Å². The molecule has 23 heavy (non-hydrogen) atoms. The van der Waals surface area contributed by atoms with Gasteiger partial charge >= 0.3 is 6.03 Å². The summed E-state index contributed by atoms with van der Waals surface area (Å²) < 4.78 is 0. The first-order valence-electron chi connectivity index (χ1n) is 9.34. The summed E-state index contributed by atoms with van der Waals surface area (Å²) >= 11 is 0. The van der Waals surface area contributed by atoms with Crippen LogP contribution in [0.15, 0.2) is 0 Å². The van der Waals surface area contributed by atoms with E-state index in [-0.39, 0.29) is 18.0 Å². The highest BCUT2D eigenvalue weighted by atomic mass is 16.2. The lowest BCUT2D eigenvalue weighted by molar-refractivity contribution is -0.121. The van der Waals surface area contributed by atoms with Crippen LogP contribution < -0.4 is 10.6 Å². The Kier molecular flexibility index (Phi) is 5.24. The lowest BCUT2D eigenvalue weighted by Gasteiger charge is -2.30. The molecule has 2 N–H and O–H groups in total. The number of fused-ring (bicyclic) bond motifs is 2. The van der Waals surface area contributed by atoms with Crippen molar-refractivity contribution in [3.8, 4) is 0 Å². The average Bonchev–Trinajstić information content (AvgIpc) is 3.09. The van der Waals surface area contributed by atoms with Crippen LogP contribution in [-0.4, -0.2) is 42.5 Å².